The summed E-state index contributed by atoms with van der Waals surface area (Å²) in [5, 5.41) is 16.2. The van der Waals surface area contributed by atoms with Crippen LogP contribution < -0.4 is 0 Å². The molecule has 0 spiro atoms. The first-order chi connectivity index (χ1) is 15.8. The lowest BCUT2D eigenvalue weighted by atomic mass is 10.1. The molecule has 7 nitrogen and oxygen atoms in total. The Hall–Kier alpha value is -3.49. The fourth-order valence-electron chi connectivity index (χ4n) is 3.88. The fraction of sp³-hybridized carbons (Fsp3) is 0.125. The third-order valence-corrected chi connectivity index (χ3v) is 6.74. The topological polar surface area (TPSA) is 86.7 Å². The number of hydrogen-bond donors (Lipinski definition) is 1. The van der Waals surface area contributed by atoms with Crippen LogP contribution in [0.2, 0.25) is 5.02 Å². The summed E-state index contributed by atoms with van der Waals surface area (Å²) < 4.78 is 2.10. The standard InChI is InChI=1S/C24H19ClN6OS/c1-13-6-7-18(25)11-20(13)30-14(2)9-17(15(30)3)10-19-21(26)31-24(28-22(19)32)33-23(29-31)16-5-4-8-27-12-16/h4-12,26H,1-3H3/b19-10-,26-21?. The van der Waals surface area contributed by atoms with E-state index in [4.69, 9.17) is 17.0 Å². The summed E-state index contributed by atoms with van der Waals surface area (Å²) in [4.78, 5) is 21.1. The zero-order valence-electron chi connectivity index (χ0n) is 18.1. The van der Waals surface area contributed by atoms with Crippen LogP contribution in [-0.4, -0.2) is 36.5 Å². The molecule has 2 aliphatic rings. The predicted molar refractivity (Wildman–Crippen MR) is 133 cm³/mol. The van der Waals surface area contributed by atoms with E-state index in [2.05, 4.69) is 19.6 Å². The molecule has 1 aromatic carbocycles. The molecule has 4 heterocycles. The van der Waals surface area contributed by atoms with Gasteiger partial charge in [0, 0.05) is 40.1 Å². The maximum absolute atomic E-state index is 12.8. The molecule has 2 aromatic heterocycles. The number of fused-ring (bicyclic) bond motifs is 1. The number of halogens is 1. The number of thioether (sulfide) groups is 1. The Morgan fingerprint density at radius 2 is 1.97 bits per heavy atom. The number of hydrazone groups is 1. The minimum Gasteiger partial charge on any atom is -0.318 e. The van der Waals surface area contributed by atoms with Crippen LogP contribution in [0.4, 0.5) is 0 Å². The molecule has 0 bridgehead atoms. The van der Waals surface area contributed by atoms with E-state index in [1.54, 1.807) is 18.5 Å². The van der Waals surface area contributed by atoms with Crippen molar-refractivity contribution in [3.05, 3.63) is 87.5 Å². The van der Waals surface area contributed by atoms with Crippen molar-refractivity contribution in [3.8, 4) is 5.69 Å². The summed E-state index contributed by atoms with van der Waals surface area (Å²) in [5.41, 5.74) is 5.84. The van der Waals surface area contributed by atoms with Crippen molar-refractivity contribution in [1.82, 2.24) is 14.6 Å². The van der Waals surface area contributed by atoms with Crippen LogP contribution in [0.5, 0.6) is 0 Å². The van der Waals surface area contributed by atoms with E-state index < -0.39 is 5.91 Å². The lowest BCUT2D eigenvalue weighted by Gasteiger charge is -2.20. The monoisotopic (exact) mass is 474 g/mol. The number of amides is 1. The number of carbonyl (C=O) groups is 1. The van der Waals surface area contributed by atoms with Crippen LogP contribution in [0.1, 0.15) is 28.1 Å². The van der Waals surface area contributed by atoms with Gasteiger partial charge in [-0.05, 0) is 80.1 Å². The number of aromatic nitrogens is 2. The average Bonchev–Trinajstić information content (AvgIpc) is 3.34. The zero-order valence-corrected chi connectivity index (χ0v) is 19.7. The smallest absolute Gasteiger partial charge is 0.283 e. The Morgan fingerprint density at radius 3 is 2.73 bits per heavy atom. The first-order valence-corrected chi connectivity index (χ1v) is 11.4. The number of aryl methyl sites for hydroxylation is 2. The Kier molecular flexibility index (Phi) is 5.26. The van der Waals surface area contributed by atoms with Crippen LogP contribution in [0, 0.1) is 26.2 Å². The summed E-state index contributed by atoms with van der Waals surface area (Å²) in [6.45, 7) is 6.01. The predicted octanol–water partition coefficient (Wildman–Crippen LogP) is 5.12. The van der Waals surface area contributed by atoms with Gasteiger partial charge in [-0.25, -0.2) is 0 Å². The van der Waals surface area contributed by atoms with Crippen LogP contribution in [0.15, 0.2) is 64.5 Å². The van der Waals surface area contributed by atoms with Gasteiger partial charge in [-0.3, -0.25) is 15.2 Å². The average molecular weight is 475 g/mol. The second kappa shape index (κ2) is 8.13. The molecule has 1 N–H and O–H groups in total. The number of nitrogens with one attached hydrogen (secondary N) is 1. The Bertz CT molecular complexity index is 1420. The van der Waals surface area contributed by atoms with E-state index in [-0.39, 0.29) is 11.4 Å². The normalized spacial score (nSPS) is 16.8. The molecule has 5 rings (SSSR count). The van der Waals surface area contributed by atoms with Crippen molar-refractivity contribution in [2.24, 2.45) is 10.1 Å². The molecule has 0 saturated heterocycles. The van der Waals surface area contributed by atoms with Crippen LogP contribution >= 0.6 is 23.4 Å². The van der Waals surface area contributed by atoms with Gasteiger partial charge in [0.15, 0.2) is 5.84 Å². The lowest BCUT2D eigenvalue weighted by molar-refractivity contribution is -0.114. The molecular weight excluding hydrogens is 456 g/mol. The first kappa shape index (κ1) is 21.4. The quantitative estimate of drug-likeness (QED) is 0.534. The molecule has 0 aliphatic carbocycles. The first-order valence-electron chi connectivity index (χ1n) is 10.2. The number of carbonyl (C=O) groups excluding carboxylic acids is 1. The summed E-state index contributed by atoms with van der Waals surface area (Å²) in [7, 11) is 0. The molecule has 0 atom stereocenters. The minimum absolute atomic E-state index is 0.000120. The van der Waals surface area contributed by atoms with Crippen molar-refractivity contribution in [1.29, 1.82) is 5.41 Å². The van der Waals surface area contributed by atoms with Gasteiger partial charge < -0.3 is 4.57 Å². The number of benzene rings is 1. The molecule has 0 fully saturated rings. The molecular formula is C24H19ClN6OS. The van der Waals surface area contributed by atoms with E-state index in [0.717, 1.165) is 33.8 Å². The second-order valence-electron chi connectivity index (χ2n) is 7.76. The van der Waals surface area contributed by atoms with Gasteiger partial charge in [0.05, 0.1) is 5.57 Å². The van der Waals surface area contributed by atoms with Crippen LogP contribution in [-0.2, 0) is 4.79 Å². The number of amidine groups is 2. The highest BCUT2D eigenvalue weighted by atomic mass is 35.5. The van der Waals surface area contributed by atoms with E-state index >= 15 is 0 Å². The van der Waals surface area contributed by atoms with Gasteiger partial charge in [0.25, 0.3) is 5.91 Å². The van der Waals surface area contributed by atoms with E-state index in [0.29, 0.717) is 15.2 Å². The highest BCUT2D eigenvalue weighted by molar-refractivity contribution is 8.27. The van der Waals surface area contributed by atoms with Crippen LogP contribution in [0.25, 0.3) is 11.8 Å². The minimum atomic E-state index is -0.454. The van der Waals surface area contributed by atoms with E-state index in [1.807, 2.05) is 57.2 Å². The second-order valence-corrected chi connectivity index (χ2v) is 9.15. The van der Waals surface area contributed by atoms with Gasteiger partial charge >= 0.3 is 0 Å². The lowest BCUT2D eigenvalue weighted by Crippen LogP contribution is -2.35. The third-order valence-electron chi connectivity index (χ3n) is 5.55. The fourth-order valence-corrected chi connectivity index (χ4v) is 4.93. The molecule has 0 unspecified atom stereocenters. The van der Waals surface area contributed by atoms with Gasteiger partial charge in [-0.1, -0.05) is 17.7 Å². The largest absolute Gasteiger partial charge is 0.318 e. The van der Waals surface area contributed by atoms with Gasteiger partial charge in [0.2, 0.25) is 5.17 Å². The van der Waals surface area contributed by atoms with Crippen molar-refractivity contribution in [3.63, 3.8) is 0 Å². The summed E-state index contributed by atoms with van der Waals surface area (Å²) in [6, 6.07) is 11.5. The zero-order chi connectivity index (χ0) is 23.3. The number of aliphatic imine (C=N–C) groups is 1. The summed E-state index contributed by atoms with van der Waals surface area (Å²) in [6.07, 6.45) is 5.09. The molecule has 0 saturated carbocycles. The Balaban J connectivity index is 1.54. The third kappa shape index (κ3) is 3.71. The van der Waals surface area contributed by atoms with Gasteiger partial charge in [0.1, 0.15) is 5.04 Å². The molecule has 9 heteroatoms. The van der Waals surface area contributed by atoms with Crippen molar-refractivity contribution < 1.29 is 4.79 Å². The Morgan fingerprint density at radius 1 is 1.15 bits per heavy atom. The molecule has 1 amide bonds. The number of hydrogen-bond acceptors (Lipinski definition) is 5. The van der Waals surface area contributed by atoms with Gasteiger partial charge in [-0.2, -0.15) is 15.1 Å². The SMILES string of the molecule is Cc1ccc(Cl)cc1-n1c(C)cc(/C=C2/C(=N)N3N=C(c4cccnc4)SC3=NC2=O)c1C. The maximum atomic E-state index is 12.8. The maximum Gasteiger partial charge on any atom is 0.283 e. The van der Waals surface area contributed by atoms with Crippen LogP contribution in [0.3, 0.4) is 0 Å². The van der Waals surface area contributed by atoms with Crippen molar-refractivity contribution >= 4 is 51.4 Å². The summed E-state index contributed by atoms with van der Waals surface area (Å²) >= 11 is 7.50. The number of pyridine rings is 1. The highest BCUT2D eigenvalue weighted by Crippen LogP contribution is 2.32. The molecule has 0 radical (unpaired) electrons. The Labute approximate surface area is 200 Å². The number of rotatable bonds is 3. The molecule has 33 heavy (non-hydrogen) atoms. The molecule has 2 aliphatic heterocycles. The molecule has 3 aromatic rings. The highest BCUT2D eigenvalue weighted by Gasteiger charge is 2.36. The van der Waals surface area contributed by atoms with E-state index in [9.17, 15) is 4.79 Å². The van der Waals surface area contributed by atoms with Crippen molar-refractivity contribution in [2.45, 2.75) is 20.8 Å². The van der Waals surface area contributed by atoms with Crippen molar-refractivity contribution in [2.75, 3.05) is 0 Å². The summed E-state index contributed by atoms with van der Waals surface area (Å²) in [5.74, 6) is -0.453. The number of nitrogens with zero attached hydrogens (tertiary/aromatic N) is 5. The molecule has 164 valence electrons. The van der Waals surface area contributed by atoms with Gasteiger partial charge in [-0.15, -0.1) is 0 Å². The van der Waals surface area contributed by atoms with E-state index in [1.165, 1.54) is 16.8 Å².